The largest absolute Gasteiger partial charge is 0.462 e. The van der Waals surface area contributed by atoms with Crippen LogP contribution in [0.15, 0.2) is 23.4 Å². The third kappa shape index (κ3) is 5.13. The summed E-state index contributed by atoms with van der Waals surface area (Å²) in [6.45, 7) is 3.24. The van der Waals surface area contributed by atoms with Crippen molar-refractivity contribution in [3.05, 3.63) is 29.3 Å². The summed E-state index contributed by atoms with van der Waals surface area (Å²) in [4.78, 5) is 26.8. The summed E-state index contributed by atoms with van der Waals surface area (Å²) in [5.41, 5.74) is 1.49. The lowest BCUT2D eigenvalue weighted by Gasteiger charge is -2.11. The van der Waals surface area contributed by atoms with Gasteiger partial charge in [0, 0.05) is 6.92 Å². The van der Waals surface area contributed by atoms with Crippen LogP contribution in [0.4, 0.5) is 0 Å². The van der Waals surface area contributed by atoms with E-state index in [9.17, 15) is 9.59 Å². The van der Waals surface area contributed by atoms with Crippen molar-refractivity contribution in [2.75, 3.05) is 14.2 Å². The number of rotatable bonds is 4. The second kappa shape index (κ2) is 7.88. The molecule has 0 heterocycles. The van der Waals surface area contributed by atoms with Gasteiger partial charge in [-0.2, -0.15) is 0 Å². The number of benzene rings is 1. The number of nitrogens with zero attached hydrogens (tertiary/aromatic N) is 1. The monoisotopic (exact) mass is 295 g/mol. The Morgan fingerprint density at radius 2 is 1.95 bits per heavy atom. The summed E-state index contributed by atoms with van der Waals surface area (Å²) in [5, 5.41) is 3.47. The van der Waals surface area contributed by atoms with Crippen LogP contribution < -0.4 is 4.74 Å². The second-order valence-corrected chi connectivity index (χ2v) is 4.05. The topological polar surface area (TPSA) is 83.4 Å². The van der Waals surface area contributed by atoms with Gasteiger partial charge in [-0.25, -0.2) is 4.79 Å². The zero-order chi connectivity index (χ0) is 15.8. The molecule has 0 bridgehead atoms. The van der Waals surface area contributed by atoms with Gasteiger partial charge in [0.25, 0.3) is 0 Å². The van der Waals surface area contributed by atoms with Crippen LogP contribution in [0, 0.1) is 6.92 Å². The van der Waals surface area contributed by atoms with Crippen molar-refractivity contribution < 1.29 is 28.6 Å². The Morgan fingerprint density at radius 3 is 2.52 bits per heavy atom. The van der Waals surface area contributed by atoms with Crippen LogP contribution in [0.1, 0.15) is 18.1 Å². The van der Waals surface area contributed by atoms with Crippen LogP contribution in [-0.4, -0.2) is 32.1 Å². The molecule has 0 unspecified atom stereocenters. The minimum Gasteiger partial charge on any atom is -0.462 e. The molecular formula is C14H17NO6. The molecule has 1 rings (SSSR count). The molecule has 0 atom stereocenters. The van der Waals surface area contributed by atoms with Gasteiger partial charge < -0.3 is 19.0 Å². The highest BCUT2D eigenvalue weighted by Gasteiger charge is 2.17. The molecule has 0 aromatic heterocycles. The van der Waals surface area contributed by atoms with Crippen LogP contribution in [-0.2, 0) is 30.5 Å². The van der Waals surface area contributed by atoms with Crippen LogP contribution in [0.25, 0.3) is 0 Å². The molecular weight excluding hydrogens is 278 g/mol. The fraction of sp³-hybridized carbons (Fsp3) is 0.357. The van der Waals surface area contributed by atoms with Crippen molar-refractivity contribution in [1.82, 2.24) is 0 Å². The molecule has 1 aromatic rings. The van der Waals surface area contributed by atoms with E-state index in [1.54, 1.807) is 25.1 Å². The fourth-order valence-corrected chi connectivity index (χ4v) is 1.40. The van der Waals surface area contributed by atoms with E-state index in [0.29, 0.717) is 11.3 Å². The van der Waals surface area contributed by atoms with Gasteiger partial charge >= 0.3 is 17.8 Å². The summed E-state index contributed by atoms with van der Waals surface area (Å²) >= 11 is 0. The van der Waals surface area contributed by atoms with Crippen molar-refractivity contribution in [1.29, 1.82) is 0 Å². The highest BCUT2D eigenvalue weighted by Crippen LogP contribution is 2.21. The van der Waals surface area contributed by atoms with Gasteiger partial charge in [0.15, 0.2) is 0 Å². The molecule has 0 N–H and O–H groups in total. The molecule has 7 heteroatoms. The predicted octanol–water partition coefficient (Wildman–Crippen LogP) is 1.57. The first kappa shape index (κ1) is 16.5. The Hall–Kier alpha value is -2.57. The van der Waals surface area contributed by atoms with E-state index in [0.717, 1.165) is 5.56 Å². The van der Waals surface area contributed by atoms with Gasteiger partial charge in [0.05, 0.1) is 7.11 Å². The van der Waals surface area contributed by atoms with E-state index < -0.39 is 5.97 Å². The van der Waals surface area contributed by atoms with Crippen molar-refractivity contribution >= 4 is 17.8 Å². The van der Waals surface area contributed by atoms with Gasteiger partial charge in [-0.05, 0) is 29.3 Å². The Kier molecular flexibility index (Phi) is 6.19. The normalized spacial score (nSPS) is 10.8. The molecule has 0 saturated heterocycles. The van der Waals surface area contributed by atoms with E-state index in [4.69, 9.17) is 9.47 Å². The maximum atomic E-state index is 11.5. The Balaban J connectivity index is 2.95. The average molecular weight is 295 g/mol. The summed E-state index contributed by atoms with van der Waals surface area (Å²) in [6.07, 6.45) is 0. The fourth-order valence-electron chi connectivity index (χ4n) is 1.40. The first-order chi connectivity index (χ1) is 9.97. The molecule has 1 aromatic carbocycles. The van der Waals surface area contributed by atoms with Gasteiger partial charge in [0.2, 0.25) is 0 Å². The Bertz CT molecular complexity index is 552. The number of methoxy groups -OCH3 is 1. The third-order valence-corrected chi connectivity index (χ3v) is 2.44. The minimum absolute atomic E-state index is 0.112. The maximum absolute atomic E-state index is 11.5. The number of ether oxygens (including phenoxy) is 3. The molecule has 0 spiro atoms. The van der Waals surface area contributed by atoms with Crippen molar-refractivity contribution in [2.24, 2.45) is 5.16 Å². The number of carbonyl (C=O) groups is 2. The lowest BCUT2D eigenvalue weighted by Crippen LogP contribution is -2.23. The molecule has 0 aliphatic rings. The zero-order valence-electron chi connectivity index (χ0n) is 12.3. The summed E-state index contributed by atoms with van der Waals surface area (Å²) < 4.78 is 14.8. The molecule has 0 saturated carbocycles. The zero-order valence-corrected chi connectivity index (χ0v) is 12.3. The van der Waals surface area contributed by atoms with Gasteiger partial charge in [-0.15, -0.1) is 0 Å². The molecule has 0 amide bonds. The van der Waals surface area contributed by atoms with Crippen LogP contribution >= 0.6 is 0 Å². The minimum atomic E-state index is -0.762. The van der Waals surface area contributed by atoms with Crippen molar-refractivity contribution in [3.63, 3.8) is 0 Å². The van der Waals surface area contributed by atoms with Crippen LogP contribution in [0.2, 0.25) is 0 Å². The number of esters is 2. The SMILES string of the molecule is CO/N=C(/Oc1cc(COC(C)=O)ccc1C)C(=O)OC. The third-order valence-electron chi connectivity index (χ3n) is 2.44. The van der Waals surface area contributed by atoms with Gasteiger partial charge in [0.1, 0.15) is 19.5 Å². The number of hydrogen-bond donors (Lipinski definition) is 0. The van der Waals surface area contributed by atoms with E-state index in [-0.39, 0.29) is 18.5 Å². The van der Waals surface area contributed by atoms with E-state index in [1.807, 2.05) is 0 Å². The predicted molar refractivity (Wildman–Crippen MR) is 73.7 cm³/mol. The smallest absolute Gasteiger partial charge is 0.397 e. The second-order valence-electron chi connectivity index (χ2n) is 4.05. The summed E-state index contributed by atoms with van der Waals surface area (Å²) in [5.74, 6) is -1.08. The highest BCUT2D eigenvalue weighted by atomic mass is 16.6. The first-order valence-corrected chi connectivity index (χ1v) is 6.08. The van der Waals surface area contributed by atoms with E-state index >= 15 is 0 Å². The van der Waals surface area contributed by atoms with Gasteiger partial charge in [-0.3, -0.25) is 4.79 Å². The first-order valence-electron chi connectivity index (χ1n) is 6.08. The lowest BCUT2D eigenvalue weighted by molar-refractivity contribution is -0.142. The van der Waals surface area contributed by atoms with E-state index in [1.165, 1.54) is 21.1 Å². The maximum Gasteiger partial charge on any atom is 0.397 e. The Morgan fingerprint density at radius 1 is 1.24 bits per heavy atom. The molecule has 0 aliphatic carbocycles. The standard InChI is InChI=1S/C14H17NO6/c1-9-5-6-11(8-20-10(2)16)7-12(9)21-13(15-19-4)14(17)18-3/h5-7H,8H2,1-4H3/b15-13+. The molecule has 0 radical (unpaired) electrons. The summed E-state index contributed by atoms with van der Waals surface area (Å²) in [7, 11) is 2.50. The van der Waals surface area contributed by atoms with Crippen molar-refractivity contribution in [3.8, 4) is 5.75 Å². The van der Waals surface area contributed by atoms with Gasteiger partial charge in [-0.1, -0.05) is 12.1 Å². The van der Waals surface area contributed by atoms with Crippen LogP contribution in [0.5, 0.6) is 5.75 Å². The Labute approximate surface area is 122 Å². The molecule has 0 fully saturated rings. The molecule has 7 nitrogen and oxygen atoms in total. The van der Waals surface area contributed by atoms with Crippen LogP contribution in [0.3, 0.4) is 0 Å². The quantitative estimate of drug-likeness (QED) is 0.363. The highest BCUT2D eigenvalue weighted by molar-refractivity contribution is 6.33. The number of hydrogen-bond acceptors (Lipinski definition) is 7. The van der Waals surface area contributed by atoms with E-state index in [2.05, 4.69) is 14.7 Å². The summed E-state index contributed by atoms with van der Waals surface area (Å²) in [6, 6.07) is 5.21. The number of carbonyl (C=O) groups excluding carboxylic acids is 2. The average Bonchev–Trinajstić information content (AvgIpc) is 2.46. The number of aryl methyl sites for hydroxylation is 1. The van der Waals surface area contributed by atoms with Crippen molar-refractivity contribution in [2.45, 2.75) is 20.5 Å². The molecule has 114 valence electrons. The molecule has 0 aliphatic heterocycles. The lowest BCUT2D eigenvalue weighted by atomic mass is 10.1. The molecule has 21 heavy (non-hydrogen) atoms. The number of oxime groups is 1.